The number of imide groups is 1. The van der Waals surface area contributed by atoms with E-state index >= 15 is 0 Å². The van der Waals surface area contributed by atoms with E-state index in [1.54, 1.807) is 4.90 Å². The molecule has 0 aliphatic carbocycles. The number of aromatic amines is 1. The van der Waals surface area contributed by atoms with Crippen molar-refractivity contribution in [2.24, 2.45) is 0 Å². The predicted octanol–water partition coefficient (Wildman–Crippen LogP) is 3.97. The molecule has 5 nitrogen and oxygen atoms in total. The van der Waals surface area contributed by atoms with Crippen molar-refractivity contribution in [1.82, 2.24) is 9.88 Å². The first-order chi connectivity index (χ1) is 13.1. The third-order valence-corrected chi connectivity index (χ3v) is 6.08. The lowest BCUT2D eigenvalue weighted by Crippen LogP contribution is -2.49. The second kappa shape index (κ2) is 5.46. The molecule has 1 saturated heterocycles. The molecule has 5 heteroatoms. The zero-order chi connectivity index (χ0) is 18.8. The van der Waals surface area contributed by atoms with E-state index in [2.05, 4.69) is 11.1 Å². The molecule has 2 aliphatic rings. The van der Waals surface area contributed by atoms with Crippen molar-refractivity contribution in [1.29, 1.82) is 0 Å². The second-order valence-corrected chi connectivity index (χ2v) is 7.40. The second-order valence-electron chi connectivity index (χ2n) is 7.40. The molecule has 1 aromatic heterocycles. The molecule has 1 N–H and O–H groups in total. The van der Waals surface area contributed by atoms with Crippen LogP contribution in [0.3, 0.4) is 0 Å². The molecule has 2 aromatic carbocycles. The summed E-state index contributed by atoms with van der Waals surface area (Å²) in [5.41, 5.74) is 3.71. The molecule has 0 radical (unpaired) electrons. The van der Waals surface area contributed by atoms with Gasteiger partial charge in [-0.3, -0.25) is 4.79 Å². The summed E-state index contributed by atoms with van der Waals surface area (Å²) in [5.74, 6) is -0.180. The number of urea groups is 1. The van der Waals surface area contributed by atoms with Gasteiger partial charge in [-0.15, -0.1) is 0 Å². The van der Waals surface area contributed by atoms with Crippen molar-refractivity contribution >= 4 is 28.5 Å². The molecule has 3 amide bonds. The molecule has 27 heavy (non-hydrogen) atoms. The smallest absolute Gasteiger partial charge is 0.332 e. The number of rotatable bonds is 2. The largest absolute Gasteiger partial charge is 0.356 e. The normalized spacial score (nSPS) is 21.7. The average molecular weight is 359 g/mol. The van der Waals surface area contributed by atoms with Crippen molar-refractivity contribution < 1.29 is 9.59 Å². The lowest BCUT2D eigenvalue weighted by atomic mass is 9.87. The van der Waals surface area contributed by atoms with E-state index in [1.165, 1.54) is 4.90 Å². The van der Waals surface area contributed by atoms with Crippen LogP contribution in [0.15, 0.2) is 48.5 Å². The SMILES string of the molecule is CCc1ccccc1N1C(=O)N2CCc3c([nH]c4ccccc34)[C@]2(C)C1=O. The summed E-state index contributed by atoms with van der Waals surface area (Å²) in [7, 11) is 0. The number of hydrogen-bond acceptors (Lipinski definition) is 2. The highest BCUT2D eigenvalue weighted by Crippen LogP contribution is 2.45. The van der Waals surface area contributed by atoms with Crippen molar-refractivity contribution in [3.05, 3.63) is 65.4 Å². The Morgan fingerprint density at radius 2 is 1.81 bits per heavy atom. The van der Waals surface area contributed by atoms with Crippen molar-refractivity contribution in [2.75, 3.05) is 11.4 Å². The first-order valence-corrected chi connectivity index (χ1v) is 9.41. The molecule has 2 aliphatic heterocycles. The number of amides is 3. The van der Waals surface area contributed by atoms with Crippen LogP contribution in [0.2, 0.25) is 0 Å². The number of carbonyl (C=O) groups excluding carboxylic acids is 2. The average Bonchev–Trinajstić information content (AvgIpc) is 3.16. The molecule has 136 valence electrons. The maximum Gasteiger partial charge on any atom is 0.332 e. The van der Waals surface area contributed by atoms with E-state index in [-0.39, 0.29) is 11.9 Å². The van der Waals surface area contributed by atoms with Crippen LogP contribution in [-0.2, 0) is 23.2 Å². The fourth-order valence-corrected chi connectivity index (χ4v) is 4.63. The van der Waals surface area contributed by atoms with Gasteiger partial charge < -0.3 is 9.88 Å². The minimum Gasteiger partial charge on any atom is -0.356 e. The Morgan fingerprint density at radius 3 is 2.63 bits per heavy atom. The van der Waals surface area contributed by atoms with E-state index < -0.39 is 5.54 Å². The zero-order valence-corrected chi connectivity index (χ0v) is 15.5. The fourth-order valence-electron chi connectivity index (χ4n) is 4.63. The number of aryl methyl sites for hydroxylation is 1. The van der Waals surface area contributed by atoms with Gasteiger partial charge in [0.25, 0.3) is 5.91 Å². The molecule has 1 fully saturated rings. The van der Waals surface area contributed by atoms with Crippen LogP contribution in [0, 0.1) is 0 Å². The third kappa shape index (κ3) is 1.94. The Hall–Kier alpha value is -3.08. The number of nitrogens with one attached hydrogen (secondary N) is 1. The molecule has 3 aromatic rings. The Labute approximate surface area is 157 Å². The van der Waals surface area contributed by atoms with Crippen LogP contribution in [0.1, 0.15) is 30.7 Å². The number of benzene rings is 2. The van der Waals surface area contributed by atoms with E-state index in [1.807, 2.05) is 56.3 Å². The Morgan fingerprint density at radius 1 is 1.07 bits per heavy atom. The molecular weight excluding hydrogens is 338 g/mol. The van der Waals surface area contributed by atoms with E-state index in [0.717, 1.165) is 40.6 Å². The minimum absolute atomic E-state index is 0.180. The fraction of sp³-hybridized carbons (Fsp3) is 0.273. The highest BCUT2D eigenvalue weighted by molar-refractivity contribution is 6.24. The van der Waals surface area contributed by atoms with Gasteiger partial charge in [-0.25, -0.2) is 9.69 Å². The lowest BCUT2D eigenvalue weighted by Gasteiger charge is -2.35. The summed E-state index contributed by atoms with van der Waals surface area (Å²) in [6, 6.07) is 15.5. The molecule has 1 atom stereocenters. The number of carbonyl (C=O) groups is 2. The zero-order valence-electron chi connectivity index (χ0n) is 15.5. The van der Waals surface area contributed by atoms with Crippen LogP contribution in [0.25, 0.3) is 10.9 Å². The van der Waals surface area contributed by atoms with E-state index in [9.17, 15) is 9.59 Å². The minimum atomic E-state index is -0.995. The number of H-pyrrole nitrogens is 1. The van der Waals surface area contributed by atoms with Crippen LogP contribution in [0.5, 0.6) is 0 Å². The van der Waals surface area contributed by atoms with Gasteiger partial charge >= 0.3 is 6.03 Å². The van der Waals surface area contributed by atoms with Gasteiger partial charge in [0.05, 0.1) is 11.4 Å². The van der Waals surface area contributed by atoms with Gasteiger partial charge in [0, 0.05) is 17.4 Å². The van der Waals surface area contributed by atoms with Gasteiger partial charge in [0.15, 0.2) is 5.54 Å². The number of anilines is 1. The van der Waals surface area contributed by atoms with Gasteiger partial charge in [-0.2, -0.15) is 0 Å². The highest BCUT2D eigenvalue weighted by atomic mass is 16.2. The van der Waals surface area contributed by atoms with Gasteiger partial charge in [-0.1, -0.05) is 43.3 Å². The van der Waals surface area contributed by atoms with E-state index in [4.69, 9.17) is 0 Å². The maximum atomic E-state index is 13.6. The summed E-state index contributed by atoms with van der Waals surface area (Å²) in [4.78, 5) is 33.4. The summed E-state index contributed by atoms with van der Waals surface area (Å²) >= 11 is 0. The number of aromatic nitrogens is 1. The van der Waals surface area contributed by atoms with Crippen LogP contribution in [0.4, 0.5) is 10.5 Å². The summed E-state index contributed by atoms with van der Waals surface area (Å²) in [6.45, 7) is 4.45. The molecule has 3 heterocycles. The van der Waals surface area contributed by atoms with Crippen molar-refractivity contribution in [3.8, 4) is 0 Å². The molecule has 5 rings (SSSR count). The molecule has 0 saturated carbocycles. The Kier molecular flexibility index (Phi) is 3.26. The van der Waals surface area contributed by atoms with Crippen LogP contribution < -0.4 is 4.90 Å². The summed E-state index contributed by atoms with van der Waals surface area (Å²) in [6.07, 6.45) is 1.51. The topological polar surface area (TPSA) is 56.4 Å². The van der Waals surface area contributed by atoms with Gasteiger partial charge in [0.2, 0.25) is 0 Å². The predicted molar refractivity (Wildman–Crippen MR) is 105 cm³/mol. The number of nitrogens with zero attached hydrogens (tertiary/aromatic N) is 2. The van der Waals surface area contributed by atoms with Gasteiger partial charge in [0.1, 0.15) is 0 Å². The standard InChI is InChI=1S/C22H21N3O2/c1-3-14-8-4-7-11-18(14)25-20(26)22(2)19-16(12-13-24(22)21(25)27)15-9-5-6-10-17(15)23-19/h4-11,23H,3,12-13H2,1-2H3/t22-/m1/s1. The molecule has 0 bridgehead atoms. The van der Waals surface area contributed by atoms with Crippen LogP contribution in [-0.4, -0.2) is 28.4 Å². The highest BCUT2D eigenvalue weighted by Gasteiger charge is 2.59. The molecule has 0 unspecified atom stereocenters. The lowest BCUT2D eigenvalue weighted by molar-refractivity contribution is -0.125. The summed E-state index contributed by atoms with van der Waals surface area (Å²) in [5, 5.41) is 1.14. The maximum absolute atomic E-state index is 13.6. The molecule has 0 spiro atoms. The monoisotopic (exact) mass is 359 g/mol. The van der Waals surface area contributed by atoms with Crippen molar-refractivity contribution in [3.63, 3.8) is 0 Å². The Balaban J connectivity index is 1.71. The van der Waals surface area contributed by atoms with E-state index in [0.29, 0.717) is 12.2 Å². The van der Waals surface area contributed by atoms with Crippen molar-refractivity contribution in [2.45, 2.75) is 32.2 Å². The number of para-hydroxylation sites is 2. The first kappa shape index (κ1) is 16.1. The molecular formula is C22H21N3O2. The number of hydrogen-bond donors (Lipinski definition) is 1. The number of fused-ring (bicyclic) bond motifs is 5. The first-order valence-electron chi connectivity index (χ1n) is 9.41. The summed E-state index contributed by atoms with van der Waals surface area (Å²) < 4.78 is 0. The Bertz CT molecular complexity index is 1100. The van der Waals surface area contributed by atoms with Crippen LogP contribution >= 0.6 is 0 Å². The third-order valence-electron chi connectivity index (χ3n) is 6.08. The van der Waals surface area contributed by atoms with Gasteiger partial charge in [-0.05, 0) is 43.0 Å². The quantitative estimate of drug-likeness (QED) is 0.704.